The molecule has 0 radical (unpaired) electrons. The third-order valence-electron chi connectivity index (χ3n) is 4.83. The highest BCUT2D eigenvalue weighted by Gasteiger charge is 2.29. The minimum absolute atomic E-state index is 0.121. The second-order valence-electron chi connectivity index (χ2n) is 7.25. The quantitative estimate of drug-likeness (QED) is 0.676. The Labute approximate surface area is 170 Å². The van der Waals surface area contributed by atoms with Crippen LogP contribution in [0.5, 0.6) is 0 Å². The number of hydrogen-bond acceptors (Lipinski definition) is 4. The summed E-state index contributed by atoms with van der Waals surface area (Å²) in [6.45, 7) is 0. The summed E-state index contributed by atoms with van der Waals surface area (Å²) in [5, 5.41) is 7.45. The van der Waals surface area contributed by atoms with Crippen molar-refractivity contribution in [3.63, 3.8) is 0 Å². The molecule has 1 N–H and O–H groups in total. The van der Waals surface area contributed by atoms with Crippen LogP contribution in [0.1, 0.15) is 34.9 Å². The summed E-state index contributed by atoms with van der Waals surface area (Å²) >= 11 is 0. The molecule has 2 aromatic carbocycles. The van der Waals surface area contributed by atoms with Gasteiger partial charge in [-0.05, 0) is 49.2 Å². The molecule has 3 aromatic rings. The van der Waals surface area contributed by atoms with Gasteiger partial charge in [0.15, 0.2) is 0 Å². The van der Waals surface area contributed by atoms with Crippen molar-refractivity contribution in [2.24, 2.45) is 0 Å². The van der Waals surface area contributed by atoms with Gasteiger partial charge in [-0.3, -0.25) is 4.79 Å². The lowest BCUT2D eigenvalue weighted by molar-refractivity contribution is 0.101. The summed E-state index contributed by atoms with van der Waals surface area (Å²) in [6.07, 6.45) is 2.16. The van der Waals surface area contributed by atoms with Crippen LogP contribution < -0.4 is 5.32 Å². The minimum atomic E-state index is -3.59. The van der Waals surface area contributed by atoms with Gasteiger partial charge in [0.1, 0.15) is 5.69 Å². The number of anilines is 1. The van der Waals surface area contributed by atoms with Gasteiger partial charge < -0.3 is 5.32 Å². The van der Waals surface area contributed by atoms with Gasteiger partial charge in [-0.1, -0.05) is 24.3 Å². The number of benzene rings is 2. The fraction of sp³-hybridized carbons (Fsp3) is 0.238. The number of aromatic nitrogens is 2. The Balaban J connectivity index is 1.66. The van der Waals surface area contributed by atoms with Gasteiger partial charge in [0, 0.05) is 25.7 Å². The zero-order valence-corrected chi connectivity index (χ0v) is 17.1. The van der Waals surface area contributed by atoms with E-state index in [1.165, 1.54) is 26.2 Å². The molecule has 7 nitrogen and oxygen atoms in total. The molecule has 1 aromatic heterocycles. The van der Waals surface area contributed by atoms with Crippen LogP contribution in [0.2, 0.25) is 0 Å². The molecule has 1 saturated carbocycles. The maximum absolute atomic E-state index is 13.0. The molecule has 1 aliphatic rings. The monoisotopic (exact) mass is 410 g/mol. The average molecular weight is 410 g/mol. The van der Waals surface area contributed by atoms with Crippen LogP contribution in [0.3, 0.4) is 0 Å². The zero-order valence-electron chi connectivity index (χ0n) is 16.2. The molecule has 8 heteroatoms. The Morgan fingerprint density at radius 3 is 2.45 bits per heavy atom. The predicted molar refractivity (Wildman–Crippen MR) is 111 cm³/mol. The fourth-order valence-corrected chi connectivity index (χ4v) is 3.99. The van der Waals surface area contributed by atoms with Crippen molar-refractivity contribution in [1.82, 2.24) is 14.1 Å². The molecular weight excluding hydrogens is 388 g/mol. The molecule has 0 aliphatic heterocycles. The van der Waals surface area contributed by atoms with Crippen LogP contribution in [0, 0.1) is 0 Å². The van der Waals surface area contributed by atoms with Crippen molar-refractivity contribution in [1.29, 1.82) is 0 Å². The summed E-state index contributed by atoms with van der Waals surface area (Å²) in [5.41, 5.74) is 2.53. The number of hydrogen-bond donors (Lipinski definition) is 1. The normalized spacial score (nSPS) is 14.2. The van der Waals surface area contributed by atoms with Gasteiger partial charge in [0.2, 0.25) is 10.0 Å². The summed E-state index contributed by atoms with van der Waals surface area (Å²) in [4.78, 5) is 13.1. The smallest absolute Gasteiger partial charge is 0.274 e. The van der Waals surface area contributed by atoms with Crippen LogP contribution in [0.15, 0.2) is 65.6 Å². The predicted octanol–water partition coefficient (Wildman–Crippen LogP) is 3.25. The molecule has 29 heavy (non-hydrogen) atoms. The van der Waals surface area contributed by atoms with Crippen LogP contribution in [-0.2, 0) is 10.0 Å². The van der Waals surface area contributed by atoms with E-state index in [0.717, 1.165) is 28.5 Å². The first kappa shape index (κ1) is 19.4. The molecule has 1 fully saturated rings. The number of nitrogens with one attached hydrogen (secondary N) is 1. The topological polar surface area (TPSA) is 84.3 Å². The number of amides is 1. The molecule has 1 heterocycles. The number of carbonyl (C=O) groups is 1. The molecule has 4 rings (SSSR count). The zero-order chi connectivity index (χ0) is 20.6. The highest BCUT2D eigenvalue weighted by molar-refractivity contribution is 7.89. The largest absolute Gasteiger partial charge is 0.321 e. The highest BCUT2D eigenvalue weighted by atomic mass is 32.2. The van der Waals surface area contributed by atoms with Crippen molar-refractivity contribution >= 4 is 21.6 Å². The minimum Gasteiger partial charge on any atom is -0.321 e. The molecule has 0 spiro atoms. The average Bonchev–Trinajstić information content (AvgIpc) is 3.47. The van der Waals surface area contributed by atoms with Crippen LogP contribution in [0.4, 0.5) is 5.69 Å². The van der Waals surface area contributed by atoms with Gasteiger partial charge in [-0.2, -0.15) is 5.10 Å². The van der Waals surface area contributed by atoms with E-state index in [4.69, 9.17) is 0 Å². The first-order valence-electron chi connectivity index (χ1n) is 9.35. The summed E-state index contributed by atoms with van der Waals surface area (Å²) in [6, 6.07) is 17.5. The lowest BCUT2D eigenvalue weighted by Gasteiger charge is -2.13. The van der Waals surface area contributed by atoms with Gasteiger partial charge in [0.05, 0.1) is 16.3 Å². The Morgan fingerprint density at radius 2 is 1.79 bits per heavy atom. The summed E-state index contributed by atoms with van der Waals surface area (Å²) in [7, 11) is -0.644. The SMILES string of the molecule is CN(C)S(=O)(=O)c1cccc(NC(=O)c2cc(C3CC3)nn2-c2ccccc2)c1. The van der Waals surface area contributed by atoms with Gasteiger partial charge in [-0.15, -0.1) is 0 Å². The van der Waals surface area contributed by atoms with Crippen molar-refractivity contribution in [2.75, 3.05) is 19.4 Å². The molecule has 1 aliphatic carbocycles. The van der Waals surface area contributed by atoms with Gasteiger partial charge >= 0.3 is 0 Å². The molecule has 150 valence electrons. The highest BCUT2D eigenvalue weighted by Crippen LogP contribution is 2.39. The van der Waals surface area contributed by atoms with E-state index < -0.39 is 10.0 Å². The summed E-state index contributed by atoms with van der Waals surface area (Å²) < 4.78 is 27.5. The van der Waals surface area contributed by atoms with Crippen molar-refractivity contribution in [2.45, 2.75) is 23.7 Å². The molecule has 0 bridgehead atoms. The Bertz CT molecular complexity index is 1150. The first-order chi connectivity index (χ1) is 13.9. The van der Waals surface area contributed by atoms with E-state index in [2.05, 4.69) is 10.4 Å². The van der Waals surface area contributed by atoms with Gasteiger partial charge in [0.25, 0.3) is 5.91 Å². The lowest BCUT2D eigenvalue weighted by atomic mass is 10.2. The number of nitrogens with zero attached hydrogens (tertiary/aromatic N) is 3. The van der Waals surface area contributed by atoms with Gasteiger partial charge in [-0.25, -0.2) is 17.4 Å². The molecule has 1 amide bonds. The Kier molecular flexibility index (Phi) is 4.97. The lowest BCUT2D eigenvalue weighted by Crippen LogP contribution is -2.22. The number of carbonyl (C=O) groups excluding carboxylic acids is 1. The second kappa shape index (κ2) is 7.46. The molecule has 0 unspecified atom stereocenters. The summed E-state index contributed by atoms with van der Waals surface area (Å²) in [5.74, 6) is 0.0627. The van der Waals surface area contributed by atoms with E-state index in [0.29, 0.717) is 17.3 Å². The third kappa shape index (κ3) is 3.94. The Morgan fingerprint density at radius 1 is 1.07 bits per heavy atom. The second-order valence-corrected chi connectivity index (χ2v) is 9.40. The standard InChI is InChI=1S/C21H22N4O3S/c1-24(2)29(27,28)18-10-6-7-16(13-18)22-21(26)20-14-19(15-11-12-15)23-25(20)17-8-4-3-5-9-17/h3-10,13-15H,11-12H2,1-2H3,(H,22,26). The van der Waals surface area contributed by atoms with Crippen molar-refractivity contribution in [3.8, 4) is 5.69 Å². The van der Waals surface area contributed by atoms with E-state index in [1.54, 1.807) is 16.8 Å². The maximum atomic E-state index is 13.0. The van der Waals surface area contributed by atoms with Crippen LogP contribution >= 0.6 is 0 Å². The van der Waals surface area contributed by atoms with E-state index in [-0.39, 0.29) is 10.8 Å². The number of para-hydroxylation sites is 1. The van der Waals surface area contributed by atoms with Crippen LogP contribution in [0.25, 0.3) is 5.69 Å². The third-order valence-corrected chi connectivity index (χ3v) is 6.64. The maximum Gasteiger partial charge on any atom is 0.274 e. The number of rotatable bonds is 6. The fourth-order valence-electron chi connectivity index (χ4n) is 3.05. The molecule has 0 atom stereocenters. The Hall–Kier alpha value is -2.97. The van der Waals surface area contributed by atoms with E-state index >= 15 is 0 Å². The van der Waals surface area contributed by atoms with E-state index in [9.17, 15) is 13.2 Å². The van der Waals surface area contributed by atoms with Crippen molar-refractivity contribution < 1.29 is 13.2 Å². The van der Waals surface area contributed by atoms with E-state index in [1.807, 2.05) is 36.4 Å². The first-order valence-corrected chi connectivity index (χ1v) is 10.8. The van der Waals surface area contributed by atoms with Crippen LogP contribution in [-0.4, -0.2) is 42.5 Å². The molecule has 0 saturated heterocycles. The number of sulfonamides is 1. The van der Waals surface area contributed by atoms with Crippen molar-refractivity contribution in [3.05, 3.63) is 72.1 Å². The molecular formula is C21H22N4O3S.